The van der Waals surface area contributed by atoms with Crippen molar-refractivity contribution in [2.45, 2.75) is 13.8 Å². The zero-order valence-corrected chi connectivity index (χ0v) is 15.0. The lowest BCUT2D eigenvalue weighted by Gasteiger charge is -2.21. The van der Waals surface area contributed by atoms with E-state index in [4.69, 9.17) is 4.42 Å². The Morgan fingerprint density at radius 3 is 2.56 bits per heavy atom. The van der Waals surface area contributed by atoms with Crippen molar-refractivity contribution in [2.24, 2.45) is 0 Å². The average Bonchev–Trinajstić information content (AvgIpc) is 2.67. The van der Waals surface area contributed by atoms with Crippen LogP contribution in [0.2, 0.25) is 0 Å². The molecule has 0 atom stereocenters. The van der Waals surface area contributed by atoms with Gasteiger partial charge in [-0.05, 0) is 44.2 Å². The number of benzene rings is 3. The minimum atomic E-state index is -1.05. The number of hydrogen-bond acceptors (Lipinski definition) is 5. The molecule has 0 bridgehead atoms. The third-order valence-corrected chi connectivity index (χ3v) is 4.81. The summed E-state index contributed by atoms with van der Waals surface area (Å²) in [6.07, 6.45) is 0. The molecule has 2 aliphatic rings. The molecule has 1 aliphatic carbocycles. The van der Waals surface area contributed by atoms with Gasteiger partial charge in [0.05, 0.1) is 5.56 Å². The molecule has 2 aromatic carbocycles. The fourth-order valence-corrected chi connectivity index (χ4v) is 3.38. The minimum absolute atomic E-state index is 0.105. The Balaban J connectivity index is 2.02. The molecule has 6 nitrogen and oxygen atoms in total. The maximum absolute atomic E-state index is 12.4. The summed E-state index contributed by atoms with van der Waals surface area (Å²) in [6, 6.07) is 11.6. The van der Waals surface area contributed by atoms with Crippen molar-refractivity contribution in [1.29, 1.82) is 0 Å². The van der Waals surface area contributed by atoms with E-state index in [9.17, 15) is 14.7 Å². The minimum Gasteiger partial charge on any atom is -0.478 e. The number of aromatic nitrogens is 1. The van der Waals surface area contributed by atoms with Crippen LogP contribution in [0.5, 0.6) is 0 Å². The van der Waals surface area contributed by atoms with Crippen LogP contribution in [0.1, 0.15) is 24.2 Å². The largest absolute Gasteiger partial charge is 0.478 e. The summed E-state index contributed by atoms with van der Waals surface area (Å²) < 4.78 is 5.98. The predicted molar refractivity (Wildman–Crippen MR) is 105 cm³/mol. The first-order valence-corrected chi connectivity index (χ1v) is 8.81. The van der Waals surface area contributed by atoms with Crippen molar-refractivity contribution in [3.05, 3.63) is 58.3 Å². The van der Waals surface area contributed by atoms with Gasteiger partial charge in [-0.25, -0.2) is 9.78 Å². The average molecular weight is 362 g/mol. The van der Waals surface area contributed by atoms with Gasteiger partial charge in [-0.15, -0.1) is 0 Å². The Morgan fingerprint density at radius 2 is 1.85 bits per heavy atom. The summed E-state index contributed by atoms with van der Waals surface area (Å²) in [5.74, 6) is -0.706. The molecular formula is C21H18N2O4. The maximum Gasteiger partial charge on any atom is 0.335 e. The second-order valence-electron chi connectivity index (χ2n) is 6.33. The Kier molecular flexibility index (Phi) is 4.03. The fourth-order valence-electron chi connectivity index (χ4n) is 3.38. The summed E-state index contributed by atoms with van der Waals surface area (Å²) in [7, 11) is 0. The van der Waals surface area contributed by atoms with Gasteiger partial charge in [0.1, 0.15) is 11.2 Å². The maximum atomic E-state index is 12.4. The number of aromatic carboxylic acids is 1. The molecular weight excluding hydrogens is 344 g/mol. The molecule has 0 amide bonds. The van der Waals surface area contributed by atoms with Gasteiger partial charge in [-0.3, -0.25) is 4.79 Å². The van der Waals surface area contributed by atoms with Crippen LogP contribution in [0, 0.1) is 0 Å². The second kappa shape index (κ2) is 6.39. The SMILES string of the molecule is CCN(CC)c1ccc2nc3c4cc(C(=O)O)ccc4c(=O)cc-3oc2c1. The van der Waals surface area contributed by atoms with Gasteiger partial charge in [0.25, 0.3) is 0 Å². The quantitative estimate of drug-likeness (QED) is 0.436. The highest BCUT2D eigenvalue weighted by atomic mass is 16.4. The zero-order chi connectivity index (χ0) is 19.1. The molecule has 27 heavy (non-hydrogen) atoms. The highest BCUT2D eigenvalue weighted by Crippen LogP contribution is 2.32. The van der Waals surface area contributed by atoms with Crippen molar-refractivity contribution < 1.29 is 14.3 Å². The molecule has 6 heteroatoms. The van der Waals surface area contributed by atoms with Gasteiger partial charge in [0.2, 0.25) is 0 Å². The van der Waals surface area contributed by atoms with Crippen LogP contribution in [0.4, 0.5) is 5.69 Å². The smallest absolute Gasteiger partial charge is 0.335 e. The molecule has 0 fully saturated rings. The van der Waals surface area contributed by atoms with Crippen molar-refractivity contribution in [3.63, 3.8) is 0 Å². The normalized spacial score (nSPS) is 11.3. The van der Waals surface area contributed by atoms with E-state index in [1.807, 2.05) is 18.2 Å². The second-order valence-corrected chi connectivity index (χ2v) is 6.33. The Bertz CT molecular complexity index is 1210. The Hall–Kier alpha value is -3.41. The van der Waals surface area contributed by atoms with Gasteiger partial charge in [-0.2, -0.15) is 0 Å². The van der Waals surface area contributed by atoms with E-state index in [0.29, 0.717) is 33.3 Å². The molecule has 1 heterocycles. The number of hydrogen-bond donors (Lipinski definition) is 1. The van der Waals surface area contributed by atoms with Crippen LogP contribution in [0.25, 0.3) is 33.3 Å². The van der Waals surface area contributed by atoms with Crippen LogP contribution < -0.4 is 10.3 Å². The van der Waals surface area contributed by atoms with Crippen LogP contribution in [-0.4, -0.2) is 29.1 Å². The van der Waals surface area contributed by atoms with E-state index in [1.165, 1.54) is 24.3 Å². The van der Waals surface area contributed by atoms with Gasteiger partial charge < -0.3 is 14.4 Å². The van der Waals surface area contributed by atoms with Crippen LogP contribution >= 0.6 is 0 Å². The van der Waals surface area contributed by atoms with Gasteiger partial charge in [0, 0.05) is 41.7 Å². The molecule has 0 spiro atoms. The number of anilines is 1. The predicted octanol–water partition coefficient (Wildman–Crippen LogP) is 3.99. The molecule has 0 unspecified atom stereocenters. The first kappa shape index (κ1) is 17.0. The lowest BCUT2D eigenvalue weighted by Crippen LogP contribution is -2.21. The van der Waals surface area contributed by atoms with Crippen molar-refractivity contribution >= 4 is 33.5 Å². The monoisotopic (exact) mass is 362 g/mol. The molecule has 136 valence electrons. The topological polar surface area (TPSA) is 83.6 Å². The number of carbonyl (C=O) groups is 1. The lowest BCUT2D eigenvalue weighted by atomic mass is 10.0. The van der Waals surface area contributed by atoms with E-state index in [-0.39, 0.29) is 11.0 Å². The van der Waals surface area contributed by atoms with Crippen molar-refractivity contribution in [3.8, 4) is 11.5 Å². The lowest BCUT2D eigenvalue weighted by molar-refractivity contribution is 0.0697. The number of rotatable bonds is 4. The number of nitrogens with zero attached hydrogens (tertiary/aromatic N) is 2. The molecule has 4 rings (SSSR count). The van der Waals surface area contributed by atoms with Crippen molar-refractivity contribution in [1.82, 2.24) is 4.98 Å². The third kappa shape index (κ3) is 2.79. The van der Waals surface area contributed by atoms with E-state index in [0.717, 1.165) is 18.8 Å². The summed E-state index contributed by atoms with van der Waals surface area (Å²) in [4.78, 5) is 30.6. The summed E-state index contributed by atoms with van der Waals surface area (Å²) >= 11 is 0. The third-order valence-electron chi connectivity index (χ3n) is 4.81. The molecule has 1 N–H and O–H groups in total. The van der Waals surface area contributed by atoms with Gasteiger partial charge in [-0.1, -0.05) is 0 Å². The molecule has 2 aromatic rings. The molecule has 0 radical (unpaired) electrons. The highest BCUT2D eigenvalue weighted by molar-refractivity contribution is 6.01. The first-order chi connectivity index (χ1) is 13.0. The standard InChI is InChI=1S/C21H18N2O4/c1-3-23(4-2)13-6-8-16-18(10-13)27-19-11-17(24)14-7-5-12(21(25)26)9-15(14)20(19)22-16/h5-11H,3-4H2,1-2H3,(H,25,26). The van der Waals surface area contributed by atoms with Crippen molar-refractivity contribution in [2.75, 3.05) is 18.0 Å². The molecule has 1 aliphatic heterocycles. The van der Waals surface area contributed by atoms with E-state index < -0.39 is 5.97 Å². The van der Waals surface area contributed by atoms with Crippen LogP contribution in [0.3, 0.4) is 0 Å². The Labute approximate surface area is 155 Å². The van der Waals surface area contributed by atoms with Crippen LogP contribution in [-0.2, 0) is 0 Å². The fraction of sp³-hybridized carbons (Fsp3) is 0.190. The summed E-state index contributed by atoms with van der Waals surface area (Å²) in [5.41, 5.74) is 2.62. The van der Waals surface area contributed by atoms with E-state index >= 15 is 0 Å². The van der Waals surface area contributed by atoms with Gasteiger partial charge >= 0.3 is 5.97 Å². The first-order valence-electron chi connectivity index (χ1n) is 8.81. The van der Waals surface area contributed by atoms with E-state index in [2.05, 4.69) is 23.7 Å². The van der Waals surface area contributed by atoms with Crippen LogP contribution in [0.15, 0.2) is 51.7 Å². The number of carboxylic acids is 1. The molecule has 0 saturated heterocycles. The zero-order valence-electron chi connectivity index (χ0n) is 15.0. The molecule has 0 saturated carbocycles. The molecule has 0 aromatic heterocycles. The van der Waals surface area contributed by atoms with Gasteiger partial charge in [0.15, 0.2) is 16.8 Å². The Morgan fingerprint density at radius 1 is 1.07 bits per heavy atom. The number of fused-ring (bicyclic) bond motifs is 4. The van der Waals surface area contributed by atoms with E-state index in [1.54, 1.807) is 0 Å². The number of carboxylic acid groups (broad SMARTS) is 1. The highest BCUT2D eigenvalue weighted by Gasteiger charge is 2.18. The summed E-state index contributed by atoms with van der Waals surface area (Å²) in [6.45, 7) is 5.91. The summed E-state index contributed by atoms with van der Waals surface area (Å²) in [5, 5.41) is 10.2.